The topological polar surface area (TPSA) is 46.6 Å². The SMILES string of the molecule is CCOC(=O)C1CCCN(C(=O)c2ccc3c4c(cccc24)CC3)C1. The van der Waals surface area contributed by atoms with E-state index in [1.54, 1.807) is 0 Å². The van der Waals surface area contributed by atoms with E-state index >= 15 is 0 Å². The van der Waals surface area contributed by atoms with Gasteiger partial charge in [0.05, 0.1) is 12.5 Å². The van der Waals surface area contributed by atoms with E-state index in [0.717, 1.165) is 36.6 Å². The lowest BCUT2D eigenvalue weighted by atomic mass is 9.95. The maximum absolute atomic E-state index is 13.2. The molecule has 130 valence electrons. The molecule has 0 N–H and O–H groups in total. The molecule has 0 aromatic heterocycles. The van der Waals surface area contributed by atoms with Gasteiger partial charge in [-0.15, -0.1) is 0 Å². The van der Waals surface area contributed by atoms with Crippen molar-refractivity contribution in [2.24, 2.45) is 5.92 Å². The van der Waals surface area contributed by atoms with Gasteiger partial charge in [-0.3, -0.25) is 9.59 Å². The van der Waals surface area contributed by atoms with Crippen LogP contribution in [0.15, 0.2) is 30.3 Å². The highest BCUT2D eigenvalue weighted by Gasteiger charge is 2.30. The van der Waals surface area contributed by atoms with E-state index in [0.29, 0.717) is 19.7 Å². The normalized spacial score (nSPS) is 19.2. The number of hydrogen-bond donors (Lipinski definition) is 0. The van der Waals surface area contributed by atoms with Gasteiger partial charge in [0.25, 0.3) is 5.91 Å². The molecule has 1 amide bonds. The van der Waals surface area contributed by atoms with Crippen molar-refractivity contribution in [2.45, 2.75) is 32.6 Å². The van der Waals surface area contributed by atoms with Crippen molar-refractivity contribution >= 4 is 22.6 Å². The summed E-state index contributed by atoms with van der Waals surface area (Å²) in [6.07, 6.45) is 3.75. The molecule has 1 fully saturated rings. The van der Waals surface area contributed by atoms with Gasteiger partial charge < -0.3 is 9.64 Å². The Hall–Kier alpha value is -2.36. The molecule has 1 heterocycles. The third-order valence-corrected chi connectivity index (χ3v) is 5.44. The molecule has 1 atom stereocenters. The second kappa shape index (κ2) is 6.51. The largest absolute Gasteiger partial charge is 0.466 e. The van der Waals surface area contributed by atoms with Crippen molar-refractivity contribution in [3.8, 4) is 0 Å². The Balaban J connectivity index is 1.63. The highest BCUT2D eigenvalue weighted by Crippen LogP contribution is 2.33. The van der Waals surface area contributed by atoms with Crippen LogP contribution >= 0.6 is 0 Å². The van der Waals surface area contributed by atoms with Gasteiger partial charge >= 0.3 is 5.97 Å². The third-order valence-electron chi connectivity index (χ3n) is 5.44. The van der Waals surface area contributed by atoms with E-state index in [-0.39, 0.29) is 17.8 Å². The Bertz CT molecular complexity index is 832. The van der Waals surface area contributed by atoms with Crippen LogP contribution in [0.4, 0.5) is 0 Å². The zero-order valence-corrected chi connectivity index (χ0v) is 14.6. The second-order valence-electron chi connectivity index (χ2n) is 6.95. The molecule has 0 spiro atoms. The minimum atomic E-state index is -0.200. The van der Waals surface area contributed by atoms with E-state index < -0.39 is 0 Å². The number of carbonyl (C=O) groups excluding carboxylic acids is 2. The number of amides is 1. The minimum Gasteiger partial charge on any atom is -0.466 e. The number of benzene rings is 2. The number of aryl methyl sites for hydroxylation is 2. The van der Waals surface area contributed by atoms with Gasteiger partial charge in [0.15, 0.2) is 0 Å². The van der Waals surface area contributed by atoms with Crippen LogP contribution in [0.1, 0.15) is 41.3 Å². The predicted octanol–water partition coefficient (Wildman–Crippen LogP) is 3.35. The summed E-state index contributed by atoms with van der Waals surface area (Å²) in [7, 11) is 0. The fourth-order valence-electron chi connectivity index (χ4n) is 4.22. The molecule has 0 saturated carbocycles. The molecule has 2 aliphatic rings. The monoisotopic (exact) mass is 337 g/mol. The van der Waals surface area contributed by atoms with E-state index in [1.165, 1.54) is 16.5 Å². The summed E-state index contributed by atoms with van der Waals surface area (Å²) < 4.78 is 5.15. The van der Waals surface area contributed by atoms with E-state index in [4.69, 9.17) is 4.74 Å². The maximum atomic E-state index is 13.2. The van der Waals surface area contributed by atoms with E-state index in [9.17, 15) is 9.59 Å². The molecule has 1 saturated heterocycles. The van der Waals surface area contributed by atoms with Gasteiger partial charge in [0.2, 0.25) is 0 Å². The van der Waals surface area contributed by atoms with Crippen LogP contribution in [-0.4, -0.2) is 36.5 Å². The molecule has 1 aliphatic heterocycles. The predicted molar refractivity (Wildman–Crippen MR) is 96.6 cm³/mol. The van der Waals surface area contributed by atoms with Gasteiger partial charge in [-0.2, -0.15) is 0 Å². The molecular weight excluding hydrogens is 314 g/mol. The van der Waals surface area contributed by atoms with Gasteiger partial charge in [0, 0.05) is 18.7 Å². The highest BCUT2D eigenvalue weighted by molar-refractivity contribution is 6.09. The average Bonchev–Trinajstić information content (AvgIpc) is 3.07. The van der Waals surface area contributed by atoms with Crippen molar-refractivity contribution in [2.75, 3.05) is 19.7 Å². The maximum Gasteiger partial charge on any atom is 0.310 e. The second-order valence-corrected chi connectivity index (χ2v) is 6.95. The molecule has 1 aliphatic carbocycles. The molecule has 1 unspecified atom stereocenters. The Kier molecular flexibility index (Phi) is 4.20. The Labute approximate surface area is 147 Å². The van der Waals surface area contributed by atoms with Crippen LogP contribution in [0.2, 0.25) is 0 Å². The number of nitrogens with zero attached hydrogens (tertiary/aromatic N) is 1. The number of likely N-dealkylation sites (tertiary alicyclic amines) is 1. The molecule has 2 aromatic rings. The standard InChI is InChI=1S/C21H23NO3/c1-2-25-21(24)16-6-4-12-22(13-16)20(23)18-11-10-15-9-8-14-5-3-7-17(18)19(14)15/h3,5,7,10-11,16H,2,4,6,8-9,12-13H2,1H3. The van der Waals surface area contributed by atoms with Crippen molar-refractivity contribution in [3.05, 3.63) is 47.0 Å². The van der Waals surface area contributed by atoms with Crippen LogP contribution in [0, 0.1) is 5.92 Å². The fraction of sp³-hybridized carbons (Fsp3) is 0.429. The summed E-state index contributed by atoms with van der Waals surface area (Å²) in [6.45, 7) is 3.37. The summed E-state index contributed by atoms with van der Waals surface area (Å²) in [5, 5.41) is 2.31. The minimum absolute atomic E-state index is 0.0320. The van der Waals surface area contributed by atoms with Crippen molar-refractivity contribution in [3.63, 3.8) is 0 Å². The molecule has 4 rings (SSSR count). The number of esters is 1. The van der Waals surface area contributed by atoms with Gasteiger partial charge in [-0.1, -0.05) is 24.3 Å². The third kappa shape index (κ3) is 2.80. The Morgan fingerprint density at radius 2 is 1.96 bits per heavy atom. The van der Waals surface area contributed by atoms with Crippen LogP contribution in [0.25, 0.3) is 10.8 Å². The summed E-state index contributed by atoms with van der Waals surface area (Å²) in [6, 6.07) is 10.3. The fourth-order valence-corrected chi connectivity index (χ4v) is 4.22. The lowest BCUT2D eigenvalue weighted by molar-refractivity contribution is -0.149. The number of rotatable bonds is 3. The molecule has 2 aromatic carbocycles. The van der Waals surface area contributed by atoms with Gasteiger partial charge in [0.1, 0.15) is 0 Å². The van der Waals surface area contributed by atoms with Gasteiger partial charge in [-0.05, 0) is 60.6 Å². The Morgan fingerprint density at radius 3 is 2.76 bits per heavy atom. The molecule has 0 bridgehead atoms. The van der Waals surface area contributed by atoms with Gasteiger partial charge in [-0.25, -0.2) is 0 Å². The molecule has 4 nitrogen and oxygen atoms in total. The first kappa shape index (κ1) is 16.1. The zero-order chi connectivity index (χ0) is 17.4. The summed E-state index contributed by atoms with van der Waals surface area (Å²) in [5.74, 6) is -0.348. The summed E-state index contributed by atoms with van der Waals surface area (Å²) >= 11 is 0. The van der Waals surface area contributed by atoms with Crippen molar-refractivity contribution in [1.82, 2.24) is 4.90 Å². The lowest BCUT2D eigenvalue weighted by Crippen LogP contribution is -2.42. The van der Waals surface area contributed by atoms with Crippen LogP contribution in [0.3, 0.4) is 0 Å². The average molecular weight is 337 g/mol. The van der Waals surface area contributed by atoms with Crippen LogP contribution < -0.4 is 0 Å². The Morgan fingerprint density at radius 1 is 1.16 bits per heavy atom. The summed E-state index contributed by atoms with van der Waals surface area (Å²) in [4.78, 5) is 27.0. The number of carbonyl (C=O) groups is 2. The first-order valence-corrected chi connectivity index (χ1v) is 9.18. The van der Waals surface area contributed by atoms with Crippen molar-refractivity contribution < 1.29 is 14.3 Å². The lowest BCUT2D eigenvalue weighted by Gasteiger charge is -2.32. The highest BCUT2D eigenvalue weighted by atomic mass is 16.5. The van der Waals surface area contributed by atoms with Crippen molar-refractivity contribution in [1.29, 1.82) is 0 Å². The first-order valence-electron chi connectivity index (χ1n) is 9.18. The van der Waals surface area contributed by atoms with E-state index in [1.807, 2.05) is 30.0 Å². The van der Waals surface area contributed by atoms with Crippen LogP contribution in [-0.2, 0) is 22.4 Å². The summed E-state index contributed by atoms with van der Waals surface area (Å²) in [5.41, 5.74) is 3.43. The first-order chi connectivity index (χ1) is 12.2. The smallest absolute Gasteiger partial charge is 0.310 e. The number of hydrogen-bond acceptors (Lipinski definition) is 3. The molecule has 4 heteroatoms. The number of piperidine rings is 1. The molecular formula is C21H23NO3. The van der Waals surface area contributed by atoms with E-state index in [2.05, 4.69) is 12.1 Å². The molecule has 0 radical (unpaired) electrons. The number of ether oxygens (including phenoxy) is 1. The van der Waals surface area contributed by atoms with Crippen LogP contribution in [0.5, 0.6) is 0 Å². The quantitative estimate of drug-likeness (QED) is 0.807. The molecule has 25 heavy (non-hydrogen) atoms. The zero-order valence-electron chi connectivity index (χ0n) is 14.6.